The van der Waals surface area contributed by atoms with Gasteiger partial charge in [0.25, 0.3) is 0 Å². The Balaban J connectivity index is 0.000000375. The van der Waals surface area contributed by atoms with Crippen LogP contribution in [0.15, 0.2) is 63.2 Å². The van der Waals surface area contributed by atoms with Gasteiger partial charge in [0, 0.05) is 70.9 Å². The van der Waals surface area contributed by atoms with E-state index in [9.17, 15) is 0 Å². The molecule has 0 spiro atoms. The summed E-state index contributed by atoms with van der Waals surface area (Å²) in [4.78, 5) is 8.46. The van der Waals surface area contributed by atoms with Gasteiger partial charge in [-0.2, -0.15) is 0 Å². The van der Waals surface area contributed by atoms with Crippen molar-refractivity contribution in [2.75, 3.05) is 0 Å². The molecule has 10 rings (SSSR count). The van der Waals surface area contributed by atoms with Crippen LogP contribution in [0.5, 0.6) is 0 Å². The zero-order chi connectivity index (χ0) is 48.3. The maximum absolute atomic E-state index is 5.81. The molecule has 0 aromatic carbocycles. The summed E-state index contributed by atoms with van der Waals surface area (Å²) in [6, 6.07) is 9.72. The van der Waals surface area contributed by atoms with Crippen LogP contribution in [0.25, 0.3) is 51.4 Å². The summed E-state index contributed by atoms with van der Waals surface area (Å²) in [6.07, 6.45) is 0. The first-order valence-corrected chi connectivity index (χ1v) is 26.9. The van der Waals surface area contributed by atoms with Crippen molar-refractivity contribution in [3.05, 3.63) is 110 Å². The lowest BCUT2D eigenvalue weighted by atomic mass is 10.2. The minimum Gasteiger partial charge on any atom is -0.434 e. The van der Waals surface area contributed by atoms with Gasteiger partial charge in [0.05, 0.1) is 0 Å². The molecule has 0 radical (unpaired) electrons. The third-order valence-corrected chi connectivity index (χ3v) is 14.3. The van der Waals surface area contributed by atoms with Crippen LogP contribution in [0.1, 0.15) is 112 Å². The smallest absolute Gasteiger partial charge is 0.198 e. The molecule has 15 heteroatoms. The van der Waals surface area contributed by atoms with Crippen LogP contribution in [0.2, 0.25) is 26.1 Å². The van der Waals surface area contributed by atoms with Crippen molar-refractivity contribution < 1.29 is 22.1 Å². The number of furan rings is 5. The normalized spacial score (nSPS) is 9.83. The molecule has 348 valence electrons. The van der Waals surface area contributed by atoms with Crippen LogP contribution in [-0.2, 0) is 0 Å². The van der Waals surface area contributed by atoms with Crippen LogP contribution >= 0.6 is 115 Å². The van der Waals surface area contributed by atoms with Crippen LogP contribution in [0, 0.1) is 55.4 Å². The quantitative estimate of drug-likeness (QED) is 0.151. The monoisotopic (exact) mass is 1050 g/mol. The minimum atomic E-state index is 0.473. The van der Waals surface area contributed by atoms with Gasteiger partial charge in [-0.15, -0.1) is 56.7 Å². The fourth-order valence-electron chi connectivity index (χ4n) is 5.23. The summed E-state index contributed by atoms with van der Waals surface area (Å²) >= 11 is 36.6. The molecule has 0 amide bonds. The van der Waals surface area contributed by atoms with E-state index in [1.54, 1.807) is 56.7 Å². The van der Waals surface area contributed by atoms with E-state index >= 15 is 0 Å². The first-order valence-electron chi connectivity index (χ1n) is 20.8. The molecule has 0 saturated carbocycles. The van der Waals surface area contributed by atoms with E-state index in [4.69, 9.17) is 80.1 Å². The largest absolute Gasteiger partial charge is 0.434 e. The van der Waals surface area contributed by atoms with Gasteiger partial charge in [-0.05, 0) is 153 Å². The summed E-state index contributed by atoms with van der Waals surface area (Å²) in [7, 11) is 0. The van der Waals surface area contributed by atoms with E-state index in [1.807, 2.05) is 115 Å². The van der Waals surface area contributed by atoms with Crippen molar-refractivity contribution in [2.24, 2.45) is 0 Å². The van der Waals surface area contributed by atoms with E-state index < -0.39 is 0 Å². The Morgan fingerprint density at radius 1 is 0.381 bits per heavy atom. The van der Waals surface area contributed by atoms with Crippen LogP contribution < -0.4 is 0 Å². The van der Waals surface area contributed by atoms with Gasteiger partial charge in [0.1, 0.15) is 0 Å². The summed E-state index contributed by atoms with van der Waals surface area (Å²) in [5, 5.41) is 12.3. The number of hydrogen-bond donors (Lipinski definition) is 0. The third kappa shape index (κ3) is 15.9. The molecule has 0 aliphatic carbocycles. The van der Waals surface area contributed by atoms with E-state index in [0.717, 1.165) is 57.2 Å². The standard InChI is InChI=1S/3C8H7ClOS.2C7H5ClOS.5C2H6/c1-4-5(2)11-8-6(4)3-7(9)10-8;1-4-3-11-8-6(4)5(2)7(9)10-8;1-4-3-6-5(2)7(9)10-8(6)11-4;1-4-3-10-7-5(4)2-6(8)9-7;1-4-2-5-3-6(8)9-7(5)10-4;5*1-2/h3*3H,1-2H3;2*2-3H,1H3;5*1-2H3. The van der Waals surface area contributed by atoms with Crippen molar-refractivity contribution in [3.8, 4) is 0 Å². The molecule has 5 nitrogen and oxygen atoms in total. The van der Waals surface area contributed by atoms with Gasteiger partial charge in [0.15, 0.2) is 50.6 Å². The first kappa shape index (κ1) is 58.7. The van der Waals surface area contributed by atoms with E-state index in [1.165, 1.54) is 36.7 Å². The zero-order valence-corrected chi connectivity index (χ0v) is 47.4. The third-order valence-electron chi connectivity index (χ3n) is 8.08. The van der Waals surface area contributed by atoms with Crippen molar-refractivity contribution in [3.63, 3.8) is 0 Å². The molecule has 0 N–H and O–H groups in total. The molecule has 0 aliphatic rings. The maximum Gasteiger partial charge on any atom is 0.198 e. The van der Waals surface area contributed by atoms with Crippen molar-refractivity contribution >= 4 is 166 Å². The van der Waals surface area contributed by atoms with Gasteiger partial charge in [-0.3, -0.25) is 0 Å². The van der Waals surface area contributed by atoms with Gasteiger partial charge >= 0.3 is 0 Å². The molecule has 0 atom stereocenters. The second-order valence-electron chi connectivity index (χ2n) is 12.0. The lowest BCUT2D eigenvalue weighted by Gasteiger charge is -1.84. The molecule has 10 heterocycles. The van der Waals surface area contributed by atoms with E-state index in [2.05, 4.69) is 50.6 Å². The molecule has 63 heavy (non-hydrogen) atoms. The highest BCUT2D eigenvalue weighted by Gasteiger charge is 2.13. The highest BCUT2D eigenvalue weighted by Crippen LogP contribution is 2.37. The molecule has 0 aliphatic heterocycles. The van der Waals surface area contributed by atoms with Gasteiger partial charge < -0.3 is 22.1 Å². The highest BCUT2D eigenvalue weighted by molar-refractivity contribution is 7.19. The Kier molecular flexibility index (Phi) is 27.3. The molecule has 0 saturated heterocycles. The topological polar surface area (TPSA) is 65.7 Å². The maximum atomic E-state index is 5.81. The number of thiophene rings is 5. The molecule has 10 aromatic heterocycles. The lowest BCUT2D eigenvalue weighted by Crippen LogP contribution is -1.67. The summed E-state index contributed by atoms with van der Waals surface area (Å²) in [5.74, 6) is 0. The van der Waals surface area contributed by atoms with Crippen molar-refractivity contribution in [1.29, 1.82) is 0 Å². The average Bonchev–Trinajstić information content (AvgIpc) is 4.19. The minimum absolute atomic E-state index is 0.473. The second kappa shape index (κ2) is 29.3. The molecule has 10 aromatic rings. The molecular formula is C48H61Cl5O5S5. The molecule has 0 bridgehead atoms. The van der Waals surface area contributed by atoms with E-state index in [-0.39, 0.29) is 0 Å². The number of fused-ring (bicyclic) bond motifs is 5. The van der Waals surface area contributed by atoms with Gasteiger partial charge in [-0.25, -0.2) is 0 Å². The van der Waals surface area contributed by atoms with E-state index in [0.29, 0.717) is 26.1 Å². The number of hydrogen-bond acceptors (Lipinski definition) is 10. The predicted molar refractivity (Wildman–Crippen MR) is 290 cm³/mol. The average molecular weight is 1060 g/mol. The molecule has 0 unspecified atom stereocenters. The fourth-order valence-corrected chi connectivity index (χ4v) is 11.0. The number of rotatable bonds is 0. The summed E-state index contributed by atoms with van der Waals surface area (Å²) in [6.45, 7) is 36.3. The van der Waals surface area contributed by atoms with Crippen molar-refractivity contribution in [1.82, 2.24) is 0 Å². The molecular weight excluding hydrogens is 994 g/mol. The Hall–Kier alpha value is -2.35. The molecule has 0 fully saturated rings. The Labute approximate surface area is 418 Å². The number of aryl methyl sites for hydroxylation is 8. The summed E-state index contributed by atoms with van der Waals surface area (Å²) < 4.78 is 26.2. The second-order valence-corrected chi connectivity index (χ2v) is 19.1. The zero-order valence-electron chi connectivity index (χ0n) is 39.5. The number of halogens is 5. The van der Waals surface area contributed by atoms with Crippen molar-refractivity contribution in [2.45, 2.75) is 125 Å². The van der Waals surface area contributed by atoms with Gasteiger partial charge in [0.2, 0.25) is 0 Å². The SMILES string of the molecule is CC.CC.CC.CC.CC.Cc1cc2c(C)c(Cl)oc2s1.Cc1cc2cc(Cl)oc2s1.Cc1csc2oc(Cl)c(C)c12.Cc1csc2oc(Cl)cc12.Cc1sc2oc(Cl)cc2c1C. The van der Waals surface area contributed by atoms with Crippen LogP contribution in [-0.4, -0.2) is 0 Å². The van der Waals surface area contributed by atoms with Crippen LogP contribution in [0.4, 0.5) is 0 Å². The first-order chi connectivity index (χ1) is 30.1. The van der Waals surface area contributed by atoms with Crippen LogP contribution in [0.3, 0.4) is 0 Å². The Morgan fingerprint density at radius 3 is 1.35 bits per heavy atom. The predicted octanol–water partition coefficient (Wildman–Crippen LogP) is 23.3. The highest BCUT2D eigenvalue weighted by atomic mass is 35.5. The Bertz CT molecular complexity index is 2660. The summed E-state index contributed by atoms with van der Waals surface area (Å²) in [5.41, 5.74) is 5.86. The lowest BCUT2D eigenvalue weighted by molar-refractivity contribution is 0.622. The Morgan fingerprint density at radius 2 is 0.810 bits per heavy atom. The fraction of sp³-hybridized carbons (Fsp3) is 0.375. The van der Waals surface area contributed by atoms with Gasteiger partial charge in [-0.1, -0.05) is 69.2 Å².